The molecule has 1 aromatic heterocycles. The summed E-state index contributed by atoms with van der Waals surface area (Å²) in [6.07, 6.45) is 1.52. The van der Waals surface area contributed by atoms with Crippen LogP contribution in [-0.2, 0) is 9.31 Å². The van der Waals surface area contributed by atoms with Crippen LogP contribution in [0.15, 0.2) is 12.3 Å². The smallest absolute Gasteiger partial charge is 0.399 e. The van der Waals surface area contributed by atoms with Crippen molar-refractivity contribution in [1.82, 2.24) is 4.98 Å². The third-order valence-corrected chi connectivity index (χ3v) is 3.66. The Morgan fingerprint density at radius 2 is 1.68 bits per heavy atom. The molecular formula is C13H14BN3O2. The number of nitriles is 2. The average Bonchev–Trinajstić information content (AvgIpc) is 2.57. The first-order chi connectivity index (χ1) is 8.80. The van der Waals surface area contributed by atoms with Crippen LogP contribution in [0.3, 0.4) is 0 Å². The number of rotatable bonds is 1. The molecule has 6 heteroatoms. The molecule has 1 saturated heterocycles. The molecule has 2 rings (SSSR count). The van der Waals surface area contributed by atoms with Gasteiger partial charge in [0, 0.05) is 11.7 Å². The van der Waals surface area contributed by atoms with E-state index in [1.54, 1.807) is 6.07 Å². The highest BCUT2D eigenvalue weighted by molar-refractivity contribution is 6.62. The molecule has 1 aromatic rings. The summed E-state index contributed by atoms with van der Waals surface area (Å²) in [5, 5.41) is 17.8. The van der Waals surface area contributed by atoms with E-state index in [4.69, 9.17) is 19.8 Å². The lowest BCUT2D eigenvalue weighted by molar-refractivity contribution is 0.00578. The van der Waals surface area contributed by atoms with Crippen molar-refractivity contribution in [3.8, 4) is 12.1 Å². The van der Waals surface area contributed by atoms with Gasteiger partial charge in [-0.3, -0.25) is 0 Å². The minimum Gasteiger partial charge on any atom is -0.399 e. The van der Waals surface area contributed by atoms with Gasteiger partial charge in [0.15, 0.2) is 5.69 Å². The van der Waals surface area contributed by atoms with Gasteiger partial charge in [0.1, 0.15) is 12.1 Å². The van der Waals surface area contributed by atoms with Gasteiger partial charge >= 0.3 is 7.12 Å². The van der Waals surface area contributed by atoms with Crippen LogP contribution in [0.4, 0.5) is 0 Å². The summed E-state index contributed by atoms with van der Waals surface area (Å²) >= 11 is 0. The van der Waals surface area contributed by atoms with Gasteiger partial charge in [-0.25, -0.2) is 4.98 Å². The molecule has 1 fully saturated rings. The maximum atomic E-state index is 9.00. The lowest BCUT2D eigenvalue weighted by Gasteiger charge is -2.32. The van der Waals surface area contributed by atoms with Crippen LogP contribution in [0.25, 0.3) is 0 Å². The van der Waals surface area contributed by atoms with Gasteiger partial charge in [0.25, 0.3) is 0 Å². The summed E-state index contributed by atoms with van der Waals surface area (Å²) in [4.78, 5) is 3.96. The monoisotopic (exact) mass is 255 g/mol. The van der Waals surface area contributed by atoms with E-state index in [0.29, 0.717) is 5.46 Å². The van der Waals surface area contributed by atoms with Crippen LogP contribution in [0.1, 0.15) is 39.0 Å². The molecule has 2 heterocycles. The molecule has 0 unspecified atom stereocenters. The molecule has 0 aliphatic carbocycles. The van der Waals surface area contributed by atoms with E-state index < -0.39 is 18.3 Å². The fraction of sp³-hybridized carbons (Fsp3) is 0.462. The third kappa shape index (κ3) is 2.21. The molecule has 1 aliphatic heterocycles. The number of hydrogen-bond donors (Lipinski definition) is 0. The van der Waals surface area contributed by atoms with Crippen molar-refractivity contribution in [3.05, 3.63) is 23.5 Å². The molecular weight excluding hydrogens is 241 g/mol. The van der Waals surface area contributed by atoms with Gasteiger partial charge in [-0.15, -0.1) is 0 Å². The van der Waals surface area contributed by atoms with Crippen LogP contribution >= 0.6 is 0 Å². The summed E-state index contributed by atoms with van der Waals surface area (Å²) in [5.74, 6) is 0. The fourth-order valence-electron chi connectivity index (χ4n) is 1.76. The Balaban J connectivity index is 2.36. The van der Waals surface area contributed by atoms with E-state index in [0.717, 1.165) is 0 Å². The van der Waals surface area contributed by atoms with E-state index in [2.05, 4.69) is 4.98 Å². The van der Waals surface area contributed by atoms with Crippen molar-refractivity contribution in [2.75, 3.05) is 0 Å². The second-order valence-corrected chi connectivity index (χ2v) is 5.48. The Labute approximate surface area is 112 Å². The molecule has 0 bridgehead atoms. The molecule has 0 amide bonds. The van der Waals surface area contributed by atoms with E-state index in [1.807, 2.05) is 39.8 Å². The Kier molecular flexibility index (Phi) is 3.10. The topological polar surface area (TPSA) is 78.9 Å². The molecule has 5 nitrogen and oxygen atoms in total. The van der Waals surface area contributed by atoms with E-state index in [9.17, 15) is 0 Å². The highest BCUT2D eigenvalue weighted by Gasteiger charge is 2.51. The third-order valence-electron chi connectivity index (χ3n) is 3.66. The maximum absolute atomic E-state index is 9.00. The van der Waals surface area contributed by atoms with Crippen LogP contribution in [-0.4, -0.2) is 23.3 Å². The predicted molar refractivity (Wildman–Crippen MR) is 69.4 cm³/mol. The van der Waals surface area contributed by atoms with E-state index in [1.165, 1.54) is 6.20 Å². The van der Waals surface area contributed by atoms with Gasteiger partial charge < -0.3 is 9.31 Å². The summed E-state index contributed by atoms with van der Waals surface area (Å²) in [7, 11) is -0.572. The normalized spacial score (nSPS) is 19.8. The molecule has 96 valence electrons. The molecule has 0 spiro atoms. The second-order valence-electron chi connectivity index (χ2n) is 5.48. The van der Waals surface area contributed by atoms with Gasteiger partial charge in [0.05, 0.1) is 16.8 Å². The summed E-state index contributed by atoms with van der Waals surface area (Å²) in [6, 6.07) is 5.43. The Hall–Kier alpha value is -1.89. The minimum atomic E-state index is -0.572. The largest absolute Gasteiger partial charge is 0.496 e. The zero-order valence-corrected chi connectivity index (χ0v) is 11.4. The van der Waals surface area contributed by atoms with E-state index >= 15 is 0 Å². The van der Waals surface area contributed by atoms with Crippen molar-refractivity contribution in [2.24, 2.45) is 0 Å². The number of nitrogens with zero attached hydrogens (tertiary/aromatic N) is 3. The molecule has 0 N–H and O–H groups in total. The van der Waals surface area contributed by atoms with Crippen molar-refractivity contribution < 1.29 is 9.31 Å². The van der Waals surface area contributed by atoms with Gasteiger partial charge in [-0.2, -0.15) is 10.5 Å². The zero-order valence-electron chi connectivity index (χ0n) is 11.4. The fourth-order valence-corrected chi connectivity index (χ4v) is 1.76. The molecule has 0 radical (unpaired) electrons. The predicted octanol–water partition coefficient (Wildman–Crippen LogP) is 1.12. The SMILES string of the molecule is CC1(C)OB(c2cnc(C#N)c(C#N)c2)OC1(C)C. The summed E-state index contributed by atoms with van der Waals surface area (Å²) in [6.45, 7) is 7.81. The first kappa shape index (κ1) is 13.5. The first-order valence-electron chi connectivity index (χ1n) is 5.96. The second kappa shape index (κ2) is 4.34. The molecule has 0 saturated carbocycles. The lowest BCUT2D eigenvalue weighted by atomic mass is 9.79. The van der Waals surface area contributed by atoms with Crippen molar-refractivity contribution in [1.29, 1.82) is 10.5 Å². The van der Waals surface area contributed by atoms with Crippen LogP contribution in [0.5, 0.6) is 0 Å². The summed E-state index contributed by atoms with van der Waals surface area (Å²) < 4.78 is 11.7. The van der Waals surface area contributed by atoms with Crippen molar-refractivity contribution in [3.63, 3.8) is 0 Å². The van der Waals surface area contributed by atoms with Gasteiger partial charge in [-0.05, 0) is 33.8 Å². The molecule has 0 atom stereocenters. The zero-order chi connectivity index (χ0) is 14.3. The van der Waals surface area contributed by atoms with Crippen LogP contribution in [0.2, 0.25) is 0 Å². The maximum Gasteiger partial charge on any atom is 0.496 e. The highest BCUT2D eigenvalue weighted by Crippen LogP contribution is 2.36. The molecule has 1 aliphatic rings. The highest BCUT2D eigenvalue weighted by atomic mass is 16.7. The van der Waals surface area contributed by atoms with E-state index in [-0.39, 0.29) is 11.3 Å². The Bertz CT molecular complexity index is 583. The van der Waals surface area contributed by atoms with Crippen LogP contribution in [0, 0.1) is 22.7 Å². The van der Waals surface area contributed by atoms with Crippen LogP contribution < -0.4 is 5.46 Å². The van der Waals surface area contributed by atoms with Gasteiger partial charge in [0.2, 0.25) is 0 Å². The number of pyridine rings is 1. The standard InChI is InChI=1S/C13H14BN3O2/c1-12(2)13(3,4)19-14(18-12)10-5-9(6-15)11(7-16)17-8-10/h5,8H,1-4H3. The molecule has 0 aromatic carbocycles. The Morgan fingerprint density at radius 3 is 2.16 bits per heavy atom. The average molecular weight is 255 g/mol. The summed E-state index contributed by atoms with van der Waals surface area (Å²) in [5.41, 5.74) is 0.100. The first-order valence-corrected chi connectivity index (χ1v) is 5.96. The van der Waals surface area contributed by atoms with Crippen molar-refractivity contribution in [2.45, 2.75) is 38.9 Å². The Morgan fingerprint density at radius 1 is 1.11 bits per heavy atom. The lowest BCUT2D eigenvalue weighted by Crippen LogP contribution is -2.41. The molecule has 19 heavy (non-hydrogen) atoms. The van der Waals surface area contributed by atoms with Gasteiger partial charge in [-0.1, -0.05) is 0 Å². The van der Waals surface area contributed by atoms with Crippen molar-refractivity contribution >= 4 is 12.6 Å². The minimum absolute atomic E-state index is 0.114. The quantitative estimate of drug-likeness (QED) is 0.702. The number of aromatic nitrogens is 1. The number of hydrogen-bond acceptors (Lipinski definition) is 5.